The largest absolute Gasteiger partial charge is 0.290 e. The van der Waals surface area contributed by atoms with E-state index in [9.17, 15) is 19.2 Å². The summed E-state index contributed by atoms with van der Waals surface area (Å²) in [5, 5.41) is 0. The molecular weight excluding hydrogens is 575 g/mol. The number of imide groups is 2. The minimum Gasteiger partial charge on any atom is -0.290 e. The van der Waals surface area contributed by atoms with E-state index in [0.717, 1.165) is 51.9 Å². The predicted molar refractivity (Wildman–Crippen MR) is 166 cm³/mol. The van der Waals surface area contributed by atoms with Gasteiger partial charge in [-0.05, 0) is 36.5 Å². The van der Waals surface area contributed by atoms with Gasteiger partial charge in [0.1, 0.15) is 0 Å². The van der Waals surface area contributed by atoms with Crippen LogP contribution in [-0.2, 0) is 19.2 Å². The molecule has 2 saturated carbocycles. The highest BCUT2D eigenvalue weighted by Crippen LogP contribution is 2.61. The molecule has 4 amide bonds. The summed E-state index contributed by atoms with van der Waals surface area (Å²) < 4.78 is 0. The van der Waals surface area contributed by atoms with Crippen molar-refractivity contribution in [3.63, 3.8) is 0 Å². The molecule has 3 saturated heterocycles. The van der Waals surface area contributed by atoms with E-state index in [1.165, 1.54) is 9.80 Å². The Morgan fingerprint density at radius 3 is 1.21 bits per heavy atom. The smallest absolute Gasteiger partial charge is 0.236 e. The van der Waals surface area contributed by atoms with E-state index < -0.39 is 10.8 Å². The topological polar surface area (TPSA) is 81.2 Å². The van der Waals surface area contributed by atoms with E-state index in [1.807, 2.05) is 13.8 Å². The highest BCUT2D eigenvalue weighted by Gasteiger charge is 2.65. The van der Waals surface area contributed by atoms with E-state index in [4.69, 9.17) is 0 Å². The highest BCUT2D eigenvalue weighted by molar-refractivity contribution is 6.04. The number of hydrogen-bond acceptors (Lipinski definition) is 6. The first-order chi connectivity index (χ1) is 18.8. The Hall–Kier alpha value is -2.10. The van der Waals surface area contributed by atoms with Crippen LogP contribution in [0.15, 0.2) is 0 Å². The summed E-state index contributed by atoms with van der Waals surface area (Å²) in [6.45, 7) is 17.2. The van der Waals surface area contributed by atoms with E-state index in [2.05, 4.69) is 61.2 Å². The summed E-state index contributed by atoms with van der Waals surface area (Å²) >= 11 is 0. The SMILES string of the molecule is CC12CCC(C(=O)N(CC#CCN3CCN(CC#CCN4C(=O)C5CCC(C)(C4=O)C5(C)C)CC3)C1=O)C2(C)C.Cl.Cl. The molecule has 0 aromatic heterocycles. The molecule has 3 aliphatic heterocycles. The van der Waals surface area contributed by atoms with Crippen molar-refractivity contribution >= 4 is 48.4 Å². The van der Waals surface area contributed by atoms with E-state index in [1.54, 1.807) is 0 Å². The van der Waals surface area contributed by atoms with Crippen LogP contribution >= 0.6 is 24.8 Å². The van der Waals surface area contributed by atoms with E-state index in [0.29, 0.717) is 13.1 Å². The number of carbonyl (C=O) groups excluding carboxylic acids is 4. The van der Waals surface area contributed by atoms with E-state index >= 15 is 0 Å². The molecule has 10 heteroatoms. The molecule has 5 fully saturated rings. The lowest BCUT2D eigenvalue weighted by molar-refractivity contribution is -0.168. The fourth-order valence-electron chi connectivity index (χ4n) is 7.81. The van der Waals surface area contributed by atoms with Crippen LogP contribution < -0.4 is 0 Å². The highest BCUT2D eigenvalue weighted by atomic mass is 35.5. The first-order valence-electron chi connectivity index (χ1n) is 14.8. The fraction of sp³-hybridized carbons (Fsp3) is 0.750. The number of nitrogens with zero attached hydrogens (tertiary/aromatic N) is 4. The monoisotopic (exact) mass is 620 g/mol. The number of likely N-dealkylation sites (tertiary alicyclic amines) is 2. The molecule has 0 N–H and O–H groups in total. The molecule has 4 atom stereocenters. The molecule has 232 valence electrons. The van der Waals surface area contributed by atoms with Crippen molar-refractivity contribution in [2.24, 2.45) is 33.5 Å². The number of rotatable bonds is 4. The Morgan fingerprint density at radius 1 is 0.571 bits per heavy atom. The molecule has 0 aromatic rings. The van der Waals surface area contributed by atoms with Crippen LogP contribution in [0.2, 0.25) is 0 Å². The molecule has 4 bridgehead atoms. The number of hydrogen-bond donors (Lipinski definition) is 0. The Kier molecular flexibility index (Phi) is 9.92. The molecule has 8 nitrogen and oxygen atoms in total. The second kappa shape index (κ2) is 12.1. The van der Waals surface area contributed by atoms with Gasteiger partial charge in [0.15, 0.2) is 0 Å². The van der Waals surface area contributed by atoms with Crippen LogP contribution in [-0.4, -0.2) is 95.6 Å². The Bertz CT molecular complexity index is 1160. The summed E-state index contributed by atoms with van der Waals surface area (Å²) in [5.74, 6) is 12.1. The van der Waals surface area contributed by atoms with Gasteiger partial charge in [-0.25, -0.2) is 0 Å². The average Bonchev–Trinajstić information content (AvgIpc) is 3.22. The van der Waals surface area contributed by atoms with Crippen LogP contribution in [0.5, 0.6) is 0 Å². The van der Waals surface area contributed by atoms with E-state index in [-0.39, 0.29) is 84.2 Å². The minimum absolute atomic E-state index is 0. The lowest BCUT2D eigenvalue weighted by Crippen LogP contribution is -2.59. The zero-order chi connectivity index (χ0) is 29.1. The lowest BCUT2D eigenvalue weighted by Gasteiger charge is -2.47. The van der Waals surface area contributed by atoms with Gasteiger partial charge >= 0.3 is 0 Å². The van der Waals surface area contributed by atoms with Crippen LogP contribution in [0.1, 0.15) is 67.2 Å². The summed E-state index contributed by atoms with van der Waals surface area (Å²) in [7, 11) is 0. The molecule has 2 aliphatic carbocycles. The van der Waals surface area contributed by atoms with Crippen molar-refractivity contribution in [2.75, 3.05) is 52.4 Å². The fourth-order valence-corrected chi connectivity index (χ4v) is 7.81. The minimum atomic E-state index is -0.486. The summed E-state index contributed by atoms with van der Waals surface area (Å²) in [4.78, 5) is 59.5. The van der Waals surface area contributed by atoms with Crippen molar-refractivity contribution in [3.8, 4) is 23.7 Å². The Morgan fingerprint density at radius 2 is 0.881 bits per heavy atom. The van der Waals surface area contributed by atoms with Crippen LogP contribution in [0.3, 0.4) is 0 Å². The van der Waals surface area contributed by atoms with Crippen LogP contribution in [0.25, 0.3) is 0 Å². The van der Waals surface area contributed by atoms with Gasteiger partial charge in [0.2, 0.25) is 23.6 Å². The lowest BCUT2D eigenvalue weighted by atomic mass is 9.62. The third-order valence-electron chi connectivity index (χ3n) is 11.8. The molecule has 4 unspecified atom stereocenters. The van der Waals surface area contributed by atoms with Crippen molar-refractivity contribution in [1.82, 2.24) is 19.6 Å². The normalized spacial score (nSPS) is 33.3. The van der Waals surface area contributed by atoms with Gasteiger partial charge in [-0.1, -0.05) is 65.2 Å². The average molecular weight is 622 g/mol. The van der Waals surface area contributed by atoms with Gasteiger partial charge in [-0.2, -0.15) is 0 Å². The number of carbonyl (C=O) groups is 4. The summed E-state index contributed by atoms with van der Waals surface area (Å²) in [6, 6.07) is 0. The predicted octanol–water partition coefficient (Wildman–Crippen LogP) is 3.08. The van der Waals surface area contributed by atoms with Gasteiger partial charge in [-0.15, -0.1) is 24.8 Å². The second-order valence-corrected chi connectivity index (χ2v) is 14.0. The zero-order valence-electron chi connectivity index (χ0n) is 25.9. The number of piperidine rings is 2. The maximum Gasteiger partial charge on any atom is 0.236 e. The van der Waals surface area contributed by atoms with Crippen molar-refractivity contribution < 1.29 is 19.2 Å². The molecule has 0 radical (unpaired) electrons. The number of fused-ring (bicyclic) bond motifs is 4. The maximum atomic E-state index is 13.1. The number of amides is 4. The third kappa shape index (κ3) is 5.17. The molecule has 0 aromatic carbocycles. The molecule has 5 aliphatic rings. The van der Waals surface area contributed by atoms with Crippen LogP contribution in [0.4, 0.5) is 0 Å². The molecule has 3 heterocycles. The third-order valence-corrected chi connectivity index (χ3v) is 11.8. The van der Waals surface area contributed by atoms with Gasteiger partial charge in [0.05, 0.1) is 37.0 Å². The van der Waals surface area contributed by atoms with Gasteiger partial charge < -0.3 is 0 Å². The van der Waals surface area contributed by atoms with Crippen LogP contribution in [0, 0.1) is 57.2 Å². The van der Waals surface area contributed by atoms with Crippen molar-refractivity contribution in [2.45, 2.75) is 67.2 Å². The van der Waals surface area contributed by atoms with Crippen molar-refractivity contribution in [3.05, 3.63) is 0 Å². The standard InChI is InChI=1S/C32H44N4O4.2ClH/c1-29(2)23-11-13-31(29,5)27(39)35(25(23)37)17-9-7-15-33-19-21-34(22-20-33)16-8-10-18-36-26(38)24-12-14-32(6,28(36)40)30(24,3)4;;/h23-24H,11-22H2,1-6H3;2*1H. The van der Waals surface area contributed by atoms with Gasteiger partial charge in [-0.3, -0.25) is 38.8 Å². The quantitative estimate of drug-likeness (QED) is 0.355. The Balaban J connectivity index is 0.00000242. The first kappa shape index (κ1) is 34.4. The summed E-state index contributed by atoms with van der Waals surface area (Å²) in [5.41, 5.74) is -1.57. The molecule has 0 spiro atoms. The Labute approximate surface area is 263 Å². The molecular formula is C32H46Cl2N4O4. The zero-order valence-corrected chi connectivity index (χ0v) is 27.5. The first-order valence-corrected chi connectivity index (χ1v) is 14.8. The van der Waals surface area contributed by atoms with Crippen molar-refractivity contribution in [1.29, 1.82) is 0 Å². The second-order valence-electron chi connectivity index (χ2n) is 14.0. The summed E-state index contributed by atoms with van der Waals surface area (Å²) in [6.07, 6.45) is 3.08. The number of piperazine rings is 1. The molecule has 5 rings (SSSR count). The number of halogens is 2. The van der Waals surface area contributed by atoms with Gasteiger partial charge in [0.25, 0.3) is 0 Å². The maximum absolute atomic E-state index is 13.1. The van der Waals surface area contributed by atoms with Gasteiger partial charge in [0, 0.05) is 38.0 Å². The molecule has 42 heavy (non-hydrogen) atoms.